The standard InChI is InChI=1S/C15H30N4O/c1-6-20-11-7-8-16-14-17-9-10-19(14)13-15(2,3)12-18(4)5/h9-10H,6-8,11-13H2,1-5H3,(H,16,17). The van der Waals surface area contributed by atoms with Crippen molar-refractivity contribution in [3.8, 4) is 0 Å². The summed E-state index contributed by atoms with van der Waals surface area (Å²) in [6, 6.07) is 0. The Kier molecular flexibility index (Phi) is 7.02. The maximum atomic E-state index is 5.33. The van der Waals surface area contributed by atoms with E-state index in [-0.39, 0.29) is 5.41 Å². The number of hydrogen-bond acceptors (Lipinski definition) is 4. The Bertz CT molecular complexity index is 374. The van der Waals surface area contributed by atoms with Crippen LogP contribution in [0.3, 0.4) is 0 Å². The molecule has 0 aliphatic rings. The number of nitrogens with one attached hydrogen (secondary N) is 1. The Morgan fingerprint density at radius 3 is 2.80 bits per heavy atom. The number of aromatic nitrogens is 2. The van der Waals surface area contributed by atoms with Crippen LogP contribution in [0.4, 0.5) is 5.95 Å². The quantitative estimate of drug-likeness (QED) is 0.669. The Labute approximate surface area is 123 Å². The molecular weight excluding hydrogens is 252 g/mol. The summed E-state index contributed by atoms with van der Waals surface area (Å²) in [5.74, 6) is 0.952. The SMILES string of the molecule is CCOCCCNc1nccn1CC(C)(C)CN(C)C. The first kappa shape index (κ1) is 17.0. The molecule has 0 saturated heterocycles. The normalized spacial score (nSPS) is 12.1. The van der Waals surface area contributed by atoms with Crippen LogP contribution < -0.4 is 5.32 Å². The van der Waals surface area contributed by atoms with E-state index >= 15 is 0 Å². The van der Waals surface area contributed by atoms with Crippen molar-refractivity contribution in [1.82, 2.24) is 14.5 Å². The van der Waals surface area contributed by atoms with Crippen LogP contribution >= 0.6 is 0 Å². The summed E-state index contributed by atoms with van der Waals surface area (Å²) in [7, 11) is 4.23. The zero-order chi connectivity index (χ0) is 15.0. The van der Waals surface area contributed by atoms with E-state index in [1.165, 1.54) is 0 Å². The molecule has 0 unspecified atom stereocenters. The number of rotatable bonds is 10. The van der Waals surface area contributed by atoms with Gasteiger partial charge in [-0.3, -0.25) is 0 Å². The molecule has 5 nitrogen and oxygen atoms in total. The van der Waals surface area contributed by atoms with Gasteiger partial charge in [0.1, 0.15) is 0 Å². The lowest BCUT2D eigenvalue weighted by Crippen LogP contribution is -2.32. The van der Waals surface area contributed by atoms with Gasteiger partial charge in [0, 0.05) is 45.2 Å². The van der Waals surface area contributed by atoms with Crippen LogP contribution in [0.5, 0.6) is 0 Å². The molecule has 0 aromatic carbocycles. The van der Waals surface area contributed by atoms with Gasteiger partial charge in [-0.2, -0.15) is 0 Å². The van der Waals surface area contributed by atoms with Crippen LogP contribution in [0.15, 0.2) is 12.4 Å². The molecule has 1 N–H and O–H groups in total. The number of nitrogens with zero attached hydrogens (tertiary/aromatic N) is 3. The van der Waals surface area contributed by atoms with Gasteiger partial charge >= 0.3 is 0 Å². The average molecular weight is 282 g/mol. The molecule has 5 heteroatoms. The third-order valence-electron chi connectivity index (χ3n) is 3.01. The Morgan fingerprint density at radius 1 is 1.40 bits per heavy atom. The fraction of sp³-hybridized carbons (Fsp3) is 0.800. The Hall–Kier alpha value is -1.07. The van der Waals surface area contributed by atoms with Gasteiger partial charge in [0.25, 0.3) is 0 Å². The first-order chi connectivity index (χ1) is 9.44. The van der Waals surface area contributed by atoms with Crippen molar-refractivity contribution in [2.45, 2.75) is 33.7 Å². The van der Waals surface area contributed by atoms with Gasteiger partial charge in [-0.15, -0.1) is 0 Å². The molecule has 116 valence electrons. The van der Waals surface area contributed by atoms with Crippen molar-refractivity contribution in [2.24, 2.45) is 5.41 Å². The highest BCUT2D eigenvalue weighted by Gasteiger charge is 2.20. The molecule has 1 aromatic heterocycles. The van der Waals surface area contributed by atoms with Crippen LogP contribution in [0.2, 0.25) is 0 Å². The number of imidazole rings is 1. The predicted molar refractivity (Wildman–Crippen MR) is 84.2 cm³/mol. The number of anilines is 1. The van der Waals surface area contributed by atoms with Crippen LogP contribution in [0, 0.1) is 5.41 Å². The summed E-state index contributed by atoms with van der Waals surface area (Å²) in [4.78, 5) is 6.62. The molecule has 0 fully saturated rings. The highest BCUT2D eigenvalue weighted by Crippen LogP contribution is 2.21. The summed E-state index contributed by atoms with van der Waals surface area (Å²) < 4.78 is 7.53. The molecule has 1 aromatic rings. The summed E-state index contributed by atoms with van der Waals surface area (Å²) in [5.41, 5.74) is 0.214. The van der Waals surface area contributed by atoms with E-state index < -0.39 is 0 Å². The molecule has 0 saturated carbocycles. The van der Waals surface area contributed by atoms with Gasteiger partial charge in [0.2, 0.25) is 5.95 Å². The first-order valence-corrected chi connectivity index (χ1v) is 7.42. The maximum Gasteiger partial charge on any atom is 0.202 e. The maximum absolute atomic E-state index is 5.33. The third kappa shape index (κ3) is 6.39. The topological polar surface area (TPSA) is 42.3 Å². The summed E-state index contributed by atoms with van der Waals surface area (Å²) >= 11 is 0. The molecule has 0 aliphatic carbocycles. The minimum absolute atomic E-state index is 0.214. The van der Waals surface area contributed by atoms with Crippen molar-refractivity contribution in [3.05, 3.63) is 12.4 Å². The van der Waals surface area contributed by atoms with Crippen molar-refractivity contribution in [2.75, 3.05) is 45.7 Å². The van der Waals surface area contributed by atoms with E-state index in [1.54, 1.807) is 0 Å². The molecule has 1 rings (SSSR count). The van der Waals surface area contributed by atoms with Gasteiger partial charge in [0.05, 0.1) is 0 Å². The average Bonchev–Trinajstić information content (AvgIpc) is 2.73. The van der Waals surface area contributed by atoms with E-state index in [0.717, 1.165) is 45.2 Å². The van der Waals surface area contributed by atoms with Crippen molar-refractivity contribution in [1.29, 1.82) is 0 Å². The van der Waals surface area contributed by atoms with Crippen LogP contribution in [0.1, 0.15) is 27.2 Å². The number of hydrogen-bond donors (Lipinski definition) is 1. The lowest BCUT2D eigenvalue weighted by molar-refractivity contribution is 0.147. The second-order valence-corrected chi connectivity index (χ2v) is 6.26. The predicted octanol–water partition coefficient (Wildman–Crippen LogP) is 2.31. The monoisotopic (exact) mass is 282 g/mol. The summed E-state index contributed by atoms with van der Waals surface area (Å²) in [6.07, 6.45) is 4.90. The molecule has 0 aliphatic heterocycles. The van der Waals surface area contributed by atoms with Gasteiger partial charge in [-0.25, -0.2) is 4.98 Å². The van der Waals surface area contributed by atoms with Crippen molar-refractivity contribution < 1.29 is 4.74 Å². The molecule has 20 heavy (non-hydrogen) atoms. The Morgan fingerprint density at radius 2 is 2.15 bits per heavy atom. The van der Waals surface area contributed by atoms with Gasteiger partial charge in [-0.1, -0.05) is 13.8 Å². The zero-order valence-corrected chi connectivity index (χ0v) is 13.6. The molecule has 0 radical (unpaired) electrons. The minimum Gasteiger partial charge on any atom is -0.382 e. The zero-order valence-electron chi connectivity index (χ0n) is 13.6. The molecule has 0 atom stereocenters. The second kappa shape index (κ2) is 8.27. The molecule has 1 heterocycles. The molecule has 0 spiro atoms. The van der Waals surface area contributed by atoms with Crippen molar-refractivity contribution in [3.63, 3.8) is 0 Å². The van der Waals surface area contributed by atoms with E-state index in [1.807, 2.05) is 19.3 Å². The molecule has 0 bridgehead atoms. The molecular formula is C15H30N4O. The van der Waals surface area contributed by atoms with E-state index in [4.69, 9.17) is 4.74 Å². The minimum atomic E-state index is 0.214. The third-order valence-corrected chi connectivity index (χ3v) is 3.01. The summed E-state index contributed by atoms with van der Waals surface area (Å²) in [5, 5.41) is 3.39. The van der Waals surface area contributed by atoms with E-state index in [0.29, 0.717) is 0 Å². The lowest BCUT2D eigenvalue weighted by Gasteiger charge is -2.29. The smallest absolute Gasteiger partial charge is 0.202 e. The van der Waals surface area contributed by atoms with Gasteiger partial charge in [-0.05, 0) is 32.9 Å². The van der Waals surface area contributed by atoms with Crippen molar-refractivity contribution >= 4 is 5.95 Å². The van der Waals surface area contributed by atoms with Gasteiger partial charge < -0.3 is 19.5 Å². The Balaban J connectivity index is 2.45. The molecule has 0 amide bonds. The van der Waals surface area contributed by atoms with Crippen LogP contribution in [-0.2, 0) is 11.3 Å². The number of ether oxygens (including phenoxy) is 1. The van der Waals surface area contributed by atoms with Gasteiger partial charge in [0.15, 0.2) is 0 Å². The van der Waals surface area contributed by atoms with Crippen LogP contribution in [0.25, 0.3) is 0 Å². The fourth-order valence-corrected chi connectivity index (χ4v) is 2.49. The largest absolute Gasteiger partial charge is 0.382 e. The van der Waals surface area contributed by atoms with E-state index in [9.17, 15) is 0 Å². The highest BCUT2D eigenvalue weighted by molar-refractivity contribution is 5.25. The summed E-state index contributed by atoms with van der Waals surface area (Å²) in [6.45, 7) is 11.1. The highest BCUT2D eigenvalue weighted by atomic mass is 16.5. The lowest BCUT2D eigenvalue weighted by atomic mass is 9.93. The van der Waals surface area contributed by atoms with Crippen LogP contribution in [-0.4, -0.2) is 54.8 Å². The van der Waals surface area contributed by atoms with E-state index in [2.05, 4.69) is 47.7 Å². The second-order valence-electron chi connectivity index (χ2n) is 6.26. The fourth-order valence-electron chi connectivity index (χ4n) is 2.49. The first-order valence-electron chi connectivity index (χ1n) is 7.42.